The van der Waals surface area contributed by atoms with Crippen molar-refractivity contribution in [3.05, 3.63) is 122 Å². The minimum Gasteiger partial charge on any atom is -0.479 e. The fraction of sp³-hybridized carbons (Fsp3) is 0.652. The Labute approximate surface area is 490 Å². The first-order valence-electron chi connectivity index (χ1n) is 31.5. The molecule has 1 fully saturated rings. The highest BCUT2D eigenvalue weighted by Crippen LogP contribution is 2.26. The molecule has 0 radical (unpaired) electrons. The largest absolute Gasteiger partial charge is 0.479 e. The summed E-state index contributed by atoms with van der Waals surface area (Å²) < 4.78 is 28.4. The van der Waals surface area contributed by atoms with Gasteiger partial charge in [0.15, 0.2) is 24.6 Å². The molecule has 12 nitrogen and oxygen atoms in total. The van der Waals surface area contributed by atoms with Gasteiger partial charge in [0, 0.05) is 19.3 Å². The molecule has 1 rings (SSSR count). The standard InChI is InChI=1S/C69H110O12/c1-4-7-10-13-16-19-22-25-28-30-31-33-35-37-40-43-46-49-52-55-61(70)77-58-60(79-62(71)56-53-50-47-44-41-38-34-27-24-21-18-15-12-9-6-3)59-78-69-67(65(74)64(73)66(81-69)68(75)76)80-63(72)57-54-51-48-45-42-39-36-32-29-26-23-20-17-14-11-8-5-2/h8-9,11-12,17-18,20-21,25-29,34,36,39,41,44-45,48,60,64-67,69,73-74H,4-7,10,13-16,19,22-24,30-33,35,37-38,40,42-43,46-47,49-59H2,1-3H3,(H,75,76)/b11-8-,12-9-,20-17-,21-18-,28-25-,29-26-,34-27-,39-36-,44-41-,48-45-. The van der Waals surface area contributed by atoms with Crippen LogP contribution in [0.25, 0.3) is 0 Å². The molecule has 0 spiro atoms. The quantitative estimate of drug-likeness (QED) is 0.0228. The molecule has 6 unspecified atom stereocenters. The molecule has 0 aliphatic carbocycles. The number of aliphatic carboxylic acids is 1. The van der Waals surface area contributed by atoms with Gasteiger partial charge in [-0.3, -0.25) is 14.4 Å². The summed E-state index contributed by atoms with van der Waals surface area (Å²) in [6.45, 7) is 5.71. The minimum absolute atomic E-state index is 0.0289. The lowest BCUT2D eigenvalue weighted by molar-refractivity contribution is -0.301. The predicted molar refractivity (Wildman–Crippen MR) is 330 cm³/mol. The third-order valence-electron chi connectivity index (χ3n) is 13.5. The van der Waals surface area contributed by atoms with Crippen molar-refractivity contribution in [2.45, 2.75) is 276 Å². The number of carbonyl (C=O) groups excluding carboxylic acids is 3. The molecule has 6 atom stereocenters. The fourth-order valence-corrected chi connectivity index (χ4v) is 8.74. The summed E-state index contributed by atoms with van der Waals surface area (Å²) in [5.41, 5.74) is 0. The molecular weight excluding hydrogens is 1020 g/mol. The van der Waals surface area contributed by atoms with E-state index in [0.717, 1.165) is 89.9 Å². The number of rotatable bonds is 52. The van der Waals surface area contributed by atoms with Crippen LogP contribution < -0.4 is 0 Å². The van der Waals surface area contributed by atoms with Crippen molar-refractivity contribution in [3.63, 3.8) is 0 Å². The molecule has 1 saturated heterocycles. The van der Waals surface area contributed by atoms with E-state index in [9.17, 15) is 34.5 Å². The maximum atomic E-state index is 13.2. The Hall–Kier alpha value is -4.88. The lowest BCUT2D eigenvalue weighted by Gasteiger charge is -2.40. The highest BCUT2D eigenvalue weighted by molar-refractivity contribution is 5.74. The zero-order chi connectivity index (χ0) is 58.9. The number of allylic oxidation sites excluding steroid dienone is 20. The summed E-state index contributed by atoms with van der Waals surface area (Å²) in [7, 11) is 0. The number of hydrogen-bond donors (Lipinski definition) is 3. The van der Waals surface area contributed by atoms with Crippen LogP contribution in [0, 0.1) is 0 Å². The second-order valence-corrected chi connectivity index (χ2v) is 20.9. The Morgan fingerprint density at radius 1 is 0.420 bits per heavy atom. The lowest BCUT2D eigenvalue weighted by atomic mass is 9.98. The van der Waals surface area contributed by atoms with Crippen molar-refractivity contribution >= 4 is 23.9 Å². The second-order valence-electron chi connectivity index (χ2n) is 20.9. The normalized spacial score (nSPS) is 18.6. The first kappa shape index (κ1) is 74.1. The van der Waals surface area contributed by atoms with E-state index in [0.29, 0.717) is 25.7 Å². The Morgan fingerprint density at radius 3 is 1.26 bits per heavy atom. The van der Waals surface area contributed by atoms with E-state index in [1.807, 2.05) is 12.2 Å². The maximum Gasteiger partial charge on any atom is 0.335 e. The van der Waals surface area contributed by atoms with Gasteiger partial charge in [0.05, 0.1) is 6.61 Å². The third-order valence-corrected chi connectivity index (χ3v) is 13.5. The number of aliphatic hydroxyl groups excluding tert-OH is 2. The van der Waals surface area contributed by atoms with Crippen LogP contribution in [0.1, 0.15) is 239 Å². The van der Waals surface area contributed by atoms with Crippen molar-refractivity contribution in [2.75, 3.05) is 13.2 Å². The van der Waals surface area contributed by atoms with E-state index in [2.05, 4.69) is 130 Å². The molecule has 458 valence electrons. The van der Waals surface area contributed by atoms with Crippen molar-refractivity contribution < 1.29 is 58.2 Å². The molecule has 0 saturated carbocycles. The van der Waals surface area contributed by atoms with E-state index in [1.54, 1.807) is 0 Å². The molecule has 1 heterocycles. The molecule has 0 aromatic heterocycles. The molecule has 3 N–H and O–H groups in total. The minimum atomic E-state index is -1.94. The van der Waals surface area contributed by atoms with Gasteiger partial charge in [-0.2, -0.15) is 0 Å². The SMILES string of the molecule is CC/C=C\C/C=C\C/C=C\C/C=C\C/C=C\CCCC(=O)OC1C(OCC(COC(=O)CCCCCCCCCCC/C=C\CCCCCCCC)OC(=O)CCCC/C=C\C/C=C\C/C=C\C/C=C\CC)OC(C(=O)O)C(O)C1O. The first-order valence-corrected chi connectivity index (χ1v) is 31.5. The third kappa shape index (κ3) is 45.3. The van der Waals surface area contributed by atoms with Gasteiger partial charge in [0.2, 0.25) is 0 Å². The number of esters is 3. The van der Waals surface area contributed by atoms with Gasteiger partial charge >= 0.3 is 23.9 Å². The van der Waals surface area contributed by atoms with Gasteiger partial charge < -0.3 is 39.0 Å². The Balaban J connectivity index is 2.72. The Kier molecular flexibility index (Phi) is 50.9. The summed E-state index contributed by atoms with van der Waals surface area (Å²) in [4.78, 5) is 51.2. The van der Waals surface area contributed by atoms with E-state index < -0.39 is 67.3 Å². The average Bonchev–Trinajstić information content (AvgIpc) is 3.53. The zero-order valence-electron chi connectivity index (χ0n) is 50.5. The average molecular weight is 1130 g/mol. The van der Waals surface area contributed by atoms with Crippen LogP contribution in [0.5, 0.6) is 0 Å². The van der Waals surface area contributed by atoms with E-state index >= 15 is 0 Å². The van der Waals surface area contributed by atoms with Crippen molar-refractivity contribution in [1.82, 2.24) is 0 Å². The molecule has 0 aromatic rings. The van der Waals surface area contributed by atoms with Crippen molar-refractivity contribution in [1.29, 1.82) is 0 Å². The molecule has 0 bridgehead atoms. The Morgan fingerprint density at radius 2 is 0.790 bits per heavy atom. The number of carboxylic acids is 1. The van der Waals surface area contributed by atoms with E-state index in [1.165, 1.54) is 83.5 Å². The van der Waals surface area contributed by atoms with E-state index in [4.69, 9.17) is 23.7 Å². The number of carboxylic acid groups (broad SMARTS) is 1. The second kappa shape index (κ2) is 55.6. The zero-order valence-corrected chi connectivity index (χ0v) is 50.5. The Bertz CT molecular complexity index is 1870. The summed E-state index contributed by atoms with van der Waals surface area (Å²) in [6.07, 6.45) is 64.6. The smallest absolute Gasteiger partial charge is 0.335 e. The van der Waals surface area contributed by atoms with E-state index in [-0.39, 0.29) is 25.9 Å². The van der Waals surface area contributed by atoms with Crippen LogP contribution in [-0.4, -0.2) is 89.2 Å². The number of hydrogen-bond acceptors (Lipinski definition) is 11. The number of aliphatic hydroxyl groups is 2. The predicted octanol–water partition coefficient (Wildman–Crippen LogP) is 16.8. The van der Waals surface area contributed by atoms with Gasteiger partial charge in [0.25, 0.3) is 0 Å². The molecule has 0 aromatic carbocycles. The maximum absolute atomic E-state index is 13.2. The van der Waals surface area contributed by atoms with Gasteiger partial charge in [-0.15, -0.1) is 0 Å². The molecule has 1 aliphatic rings. The van der Waals surface area contributed by atoms with Gasteiger partial charge in [-0.05, 0) is 122 Å². The highest BCUT2D eigenvalue weighted by Gasteiger charge is 2.50. The molecule has 81 heavy (non-hydrogen) atoms. The van der Waals surface area contributed by atoms with Crippen LogP contribution in [-0.2, 0) is 42.9 Å². The summed E-state index contributed by atoms with van der Waals surface area (Å²) in [5, 5.41) is 31.5. The number of carbonyl (C=O) groups is 4. The first-order chi connectivity index (χ1) is 39.6. The topological polar surface area (TPSA) is 175 Å². The van der Waals surface area contributed by atoms with Crippen LogP contribution in [0.4, 0.5) is 0 Å². The fourth-order valence-electron chi connectivity index (χ4n) is 8.74. The lowest BCUT2D eigenvalue weighted by Crippen LogP contribution is -2.61. The van der Waals surface area contributed by atoms with Gasteiger partial charge in [-0.25, -0.2) is 4.79 Å². The summed E-state index contributed by atoms with van der Waals surface area (Å²) in [6, 6.07) is 0. The van der Waals surface area contributed by atoms with Crippen LogP contribution >= 0.6 is 0 Å². The van der Waals surface area contributed by atoms with Crippen LogP contribution in [0.3, 0.4) is 0 Å². The summed E-state index contributed by atoms with van der Waals surface area (Å²) >= 11 is 0. The number of ether oxygens (including phenoxy) is 5. The molecule has 1 aliphatic heterocycles. The van der Waals surface area contributed by atoms with Crippen molar-refractivity contribution in [3.8, 4) is 0 Å². The van der Waals surface area contributed by atoms with Crippen molar-refractivity contribution in [2.24, 2.45) is 0 Å². The molecule has 12 heteroatoms. The van der Waals surface area contributed by atoms with Gasteiger partial charge in [-0.1, -0.05) is 219 Å². The highest BCUT2D eigenvalue weighted by atomic mass is 16.7. The molecule has 0 amide bonds. The van der Waals surface area contributed by atoms with Gasteiger partial charge in [0.1, 0.15) is 18.8 Å². The number of unbranched alkanes of at least 4 members (excludes halogenated alkanes) is 18. The monoisotopic (exact) mass is 1130 g/mol. The molecular formula is C69H110O12. The summed E-state index contributed by atoms with van der Waals surface area (Å²) in [5.74, 6) is -3.27. The van der Waals surface area contributed by atoms with Crippen LogP contribution in [0.15, 0.2) is 122 Å². The van der Waals surface area contributed by atoms with Crippen LogP contribution in [0.2, 0.25) is 0 Å².